The van der Waals surface area contributed by atoms with E-state index >= 15 is 0 Å². The highest BCUT2D eigenvalue weighted by atomic mass is 16.5. The Kier molecular flexibility index (Phi) is 4.47. The van der Waals surface area contributed by atoms with E-state index in [1.807, 2.05) is 13.8 Å². The molecule has 3 aromatic rings. The summed E-state index contributed by atoms with van der Waals surface area (Å²) in [5.74, 6) is 0.507. The summed E-state index contributed by atoms with van der Waals surface area (Å²) >= 11 is 0. The molecule has 0 radical (unpaired) electrons. The van der Waals surface area contributed by atoms with Gasteiger partial charge < -0.3 is 9.84 Å². The van der Waals surface area contributed by atoms with Crippen LogP contribution in [-0.4, -0.2) is 27.9 Å². The van der Waals surface area contributed by atoms with E-state index in [0.29, 0.717) is 23.6 Å². The van der Waals surface area contributed by atoms with Crippen molar-refractivity contribution in [3.8, 4) is 11.3 Å². The number of nitrogens with zero attached hydrogens (tertiary/aromatic N) is 3. The molecule has 0 fully saturated rings. The van der Waals surface area contributed by atoms with Crippen molar-refractivity contribution in [1.29, 1.82) is 0 Å². The van der Waals surface area contributed by atoms with E-state index in [1.54, 1.807) is 37.4 Å². The molecule has 0 saturated carbocycles. The maximum absolute atomic E-state index is 12.1. The van der Waals surface area contributed by atoms with Gasteiger partial charge in [-0.25, -0.2) is 4.68 Å². The van der Waals surface area contributed by atoms with Crippen LogP contribution in [0.1, 0.15) is 27.4 Å². The zero-order valence-electron chi connectivity index (χ0n) is 14.2. The first-order valence-electron chi connectivity index (χ1n) is 7.82. The maximum Gasteiger partial charge on any atom is 0.267 e. The molecule has 7 nitrogen and oxygen atoms in total. The quantitative estimate of drug-likeness (QED) is 0.785. The predicted octanol–water partition coefficient (Wildman–Crippen LogP) is 1.92. The summed E-state index contributed by atoms with van der Waals surface area (Å²) in [4.78, 5) is 23.7. The van der Waals surface area contributed by atoms with Crippen LogP contribution < -0.4 is 10.9 Å². The molecule has 128 valence electrons. The monoisotopic (exact) mass is 338 g/mol. The van der Waals surface area contributed by atoms with Crippen molar-refractivity contribution >= 4 is 5.91 Å². The van der Waals surface area contributed by atoms with Crippen molar-refractivity contribution in [2.45, 2.75) is 20.4 Å². The van der Waals surface area contributed by atoms with E-state index in [0.717, 1.165) is 16.8 Å². The SMILES string of the molecule is CNC(=O)c1ccc(Cn2nc(-c3c(C)noc3C)ccc2=O)cc1. The normalized spacial score (nSPS) is 10.7. The molecule has 0 aliphatic heterocycles. The Balaban J connectivity index is 1.92. The van der Waals surface area contributed by atoms with E-state index < -0.39 is 0 Å². The van der Waals surface area contributed by atoms with Crippen LogP contribution in [0.2, 0.25) is 0 Å². The molecule has 7 heteroatoms. The zero-order chi connectivity index (χ0) is 18.0. The van der Waals surface area contributed by atoms with E-state index in [4.69, 9.17) is 4.52 Å². The van der Waals surface area contributed by atoms with E-state index in [1.165, 1.54) is 10.7 Å². The first-order chi connectivity index (χ1) is 12.0. The second-order valence-corrected chi connectivity index (χ2v) is 5.69. The summed E-state index contributed by atoms with van der Waals surface area (Å²) in [7, 11) is 1.58. The van der Waals surface area contributed by atoms with Crippen LogP contribution in [0.3, 0.4) is 0 Å². The largest absolute Gasteiger partial charge is 0.361 e. The van der Waals surface area contributed by atoms with Crippen LogP contribution in [0.4, 0.5) is 0 Å². The molecule has 1 N–H and O–H groups in total. The summed E-state index contributed by atoms with van der Waals surface area (Å²) in [6.07, 6.45) is 0. The molecule has 0 atom stereocenters. The Labute approximate surface area is 144 Å². The van der Waals surface area contributed by atoms with Crippen molar-refractivity contribution in [2.24, 2.45) is 0 Å². The van der Waals surface area contributed by atoms with Crippen molar-refractivity contribution in [1.82, 2.24) is 20.3 Å². The molecule has 1 amide bonds. The fourth-order valence-corrected chi connectivity index (χ4v) is 2.62. The Morgan fingerprint density at radius 3 is 2.48 bits per heavy atom. The third-order valence-electron chi connectivity index (χ3n) is 3.93. The standard InChI is InChI=1S/C18H18N4O3/c1-11-17(12(2)25-21-11)15-8-9-16(23)22(20-15)10-13-4-6-14(7-5-13)18(24)19-3/h4-9H,10H2,1-3H3,(H,19,24). The number of rotatable bonds is 4. The number of hydrogen-bond acceptors (Lipinski definition) is 5. The van der Waals surface area contributed by atoms with Crippen LogP contribution in [-0.2, 0) is 6.54 Å². The Hall–Kier alpha value is -3.22. The highest BCUT2D eigenvalue weighted by Crippen LogP contribution is 2.23. The Morgan fingerprint density at radius 1 is 1.16 bits per heavy atom. The average molecular weight is 338 g/mol. The summed E-state index contributed by atoms with van der Waals surface area (Å²) in [5.41, 5.74) is 3.40. The maximum atomic E-state index is 12.1. The highest BCUT2D eigenvalue weighted by Gasteiger charge is 2.14. The molecule has 0 saturated heterocycles. The number of nitrogens with one attached hydrogen (secondary N) is 1. The zero-order valence-corrected chi connectivity index (χ0v) is 14.2. The van der Waals surface area contributed by atoms with Gasteiger partial charge in [0.25, 0.3) is 11.5 Å². The third-order valence-corrected chi connectivity index (χ3v) is 3.93. The summed E-state index contributed by atoms with van der Waals surface area (Å²) in [5, 5.41) is 10.9. The van der Waals surface area contributed by atoms with Gasteiger partial charge in [-0.2, -0.15) is 5.10 Å². The van der Waals surface area contributed by atoms with Gasteiger partial charge in [0, 0.05) is 18.7 Å². The van der Waals surface area contributed by atoms with Gasteiger partial charge in [-0.15, -0.1) is 0 Å². The van der Waals surface area contributed by atoms with Gasteiger partial charge >= 0.3 is 0 Å². The number of carbonyl (C=O) groups is 1. The van der Waals surface area contributed by atoms with Crippen LogP contribution in [0.5, 0.6) is 0 Å². The minimum atomic E-state index is -0.203. The molecule has 0 unspecified atom stereocenters. The van der Waals surface area contributed by atoms with E-state index in [9.17, 15) is 9.59 Å². The fraction of sp³-hybridized carbons (Fsp3) is 0.222. The molecule has 0 spiro atoms. The van der Waals surface area contributed by atoms with Crippen LogP contribution in [0, 0.1) is 13.8 Å². The van der Waals surface area contributed by atoms with Crippen molar-refractivity contribution in [3.63, 3.8) is 0 Å². The number of benzene rings is 1. The lowest BCUT2D eigenvalue weighted by atomic mass is 10.1. The average Bonchev–Trinajstić information content (AvgIpc) is 2.95. The van der Waals surface area contributed by atoms with Crippen LogP contribution in [0.15, 0.2) is 45.7 Å². The third kappa shape index (κ3) is 3.35. The van der Waals surface area contributed by atoms with Crippen molar-refractivity contribution in [2.75, 3.05) is 7.05 Å². The van der Waals surface area contributed by atoms with Crippen molar-refractivity contribution in [3.05, 3.63) is 69.3 Å². The van der Waals surface area contributed by atoms with Gasteiger partial charge in [0.05, 0.1) is 23.5 Å². The predicted molar refractivity (Wildman–Crippen MR) is 92.4 cm³/mol. The first kappa shape index (κ1) is 16.6. The minimum absolute atomic E-state index is 0.151. The van der Waals surface area contributed by atoms with E-state index in [2.05, 4.69) is 15.6 Å². The smallest absolute Gasteiger partial charge is 0.267 e. The Morgan fingerprint density at radius 2 is 1.88 bits per heavy atom. The number of carbonyl (C=O) groups excluding carboxylic acids is 1. The second kappa shape index (κ2) is 6.72. The molecule has 1 aromatic carbocycles. The molecule has 0 bridgehead atoms. The van der Waals surface area contributed by atoms with Gasteiger partial charge in [0.15, 0.2) is 0 Å². The number of aryl methyl sites for hydroxylation is 2. The lowest BCUT2D eigenvalue weighted by molar-refractivity contribution is 0.0963. The molecule has 25 heavy (non-hydrogen) atoms. The molecular weight excluding hydrogens is 320 g/mol. The fourth-order valence-electron chi connectivity index (χ4n) is 2.62. The minimum Gasteiger partial charge on any atom is -0.361 e. The van der Waals surface area contributed by atoms with Crippen LogP contribution in [0.25, 0.3) is 11.3 Å². The van der Waals surface area contributed by atoms with Gasteiger partial charge in [-0.1, -0.05) is 17.3 Å². The molecule has 2 heterocycles. The summed E-state index contributed by atoms with van der Waals surface area (Å²) in [6.45, 7) is 3.95. The number of aromatic nitrogens is 3. The molecular formula is C18H18N4O3. The van der Waals surface area contributed by atoms with Crippen LogP contribution >= 0.6 is 0 Å². The molecule has 2 aromatic heterocycles. The van der Waals surface area contributed by atoms with Gasteiger partial charge in [-0.3, -0.25) is 9.59 Å². The van der Waals surface area contributed by atoms with Gasteiger partial charge in [-0.05, 0) is 37.6 Å². The number of amides is 1. The van der Waals surface area contributed by atoms with E-state index in [-0.39, 0.29) is 11.5 Å². The van der Waals surface area contributed by atoms with Gasteiger partial charge in [0.1, 0.15) is 5.76 Å². The topological polar surface area (TPSA) is 90.0 Å². The number of hydrogen-bond donors (Lipinski definition) is 1. The van der Waals surface area contributed by atoms with Gasteiger partial charge in [0.2, 0.25) is 0 Å². The molecule has 0 aliphatic carbocycles. The second-order valence-electron chi connectivity index (χ2n) is 5.69. The summed E-state index contributed by atoms with van der Waals surface area (Å²) < 4.78 is 6.55. The first-order valence-corrected chi connectivity index (χ1v) is 7.82. The Bertz CT molecular complexity index is 951. The van der Waals surface area contributed by atoms with Crippen molar-refractivity contribution < 1.29 is 9.32 Å². The lowest BCUT2D eigenvalue weighted by Crippen LogP contribution is -2.23. The molecule has 0 aliphatic rings. The summed E-state index contributed by atoms with van der Waals surface area (Å²) in [6, 6.07) is 10.2. The lowest BCUT2D eigenvalue weighted by Gasteiger charge is -2.08. The molecule has 3 rings (SSSR count). The highest BCUT2D eigenvalue weighted by molar-refractivity contribution is 5.93.